The molecular weight excluding hydrogens is 305 g/mol. The molecule has 1 amide bonds. The van der Waals surface area contributed by atoms with E-state index < -0.39 is 24.7 Å². The summed E-state index contributed by atoms with van der Waals surface area (Å²) >= 11 is 3.13. The van der Waals surface area contributed by atoms with E-state index in [4.69, 9.17) is 5.11 Å². The molecule has 1 atom stereocenters. The fourth-order valence-electron chi connectivity index (χ4n) is 1.15. The van der Waals surface area contributed by atoms with Crippen LogP contribution in [0.5, 0.6) is 0 Å². The number of aromatic nitrogens is 1. The molecular formula is C9H10BrF3N2O2. The van der Waals surface area contributed by atoms with E-state index in [1.165, 1.54) is 10.6 Å². The van der Waals surface area contributed by atoms with Crippen molar-refractivity contribution < 1.29 is 23.1 Å². The van der Waals surface area contributed by atoms with Gasteiger partial charge in [-0.05, 0) is 22.0 Å². The molecule has 1 rings (SSSR count). The number of aryl methyl sites for hydroxylation is 1. The molecule has 2 N–H and O–H groups in total. The Morgan fingerprint density at radius 1 is 1.65 bits per heavy atom. The third kappa shape index (κ3) is 3.74. The summed E-state index contributed by atoms with van der Waals surface area (Å²) in [6, 6.07) is 1.47. The predicted molar refractivity (Wildman–Crippen MR) is 57.5 cm³/mol. The molecule has 0 aliphatic rings. The Kier molecular flexibility index (Phi) is 4.21. The van der Waals surface area contributed by atoms with E-state index in [1.807, 2.05) is 5.32 Å². The third-order valence-electron chi connectivity index (χ3n) is 2.04. The minimum atomic E-state index is -4.73. The summed E-state index contributed by atoms with van der Waals surface area (Å²) in [5.74, 6) is -0.679. The van der Waals surface area contributed by atoms with Gasteiger partial charge >= 0.3 is 6.18 Å². The highest BCUT2D eigenvalue weighted by Gasteiger charge is 2.38. The summed E-state index contributed by atoms with van der Waals surface area (Å²) in [5, 5.41) is 10.7. The number of carbonyl (C=O) groups is 1. The molecule has 0 bridgehead atoms. The molecule has 1 aromatic rings. The highest BCUT2D eigenvalue weighted by Crippen LogP contribution is 2.19. The molecule has 1 unspecified atom stereocenters. The van der Waals surface area contributed by atoms with Gasteiger partial charge in [-0.15, -0.1) is 0 Å². The van der Waals surface area contributed by atoms with E-state index in [9.17, 15) is 18.0 Å². The van der Waals surface area contributed by atoms with Crippen molar-refractivity contribution in [3.05, 3.63) is 22.4 Å². The maximum Gasteiger partial charge on any atom is 0.416 e. The standard InChI is InChI=1S/C9H10BrF3N2O2/c1-15-4-5(10)2-6(15)8(17)14-3-7(16)9(11,12)13/h2,4,7,16H,3H2,1H3,(H,14,17). The lowest BCUT2D eigenvalue weighted by Gasteiger charge is -2.15. The van der Waals surface area contributed by atoms with E-state index in [-0.39, 0.29) is 5.69 Å². The van der Waals surface area contributed by atoms with Crippen molar-refractivity contribution in [1.29, 1.82) is 0 Å². The Labute approximate surface area is 104 Å². The van der Waals surface area contributed by atoms with Gasteiger partial charge in [0.05, 0.1) is 6.54 Å². The summed E-state index contributed by atoms with van der Waals surface area (Å²) in [6.07, 6.45) is -5.70. The van der Waals surface area contributed by atoms with Gasteiger partial charge in [-0.3, -0.25) is 4.79 Å². The normalized spacial score (nSPS) is 13.5. The first kappa shape index (κ1) is 14.0. The SMILES string of the molecule is Cn1cc(Br)cc1C(=O)NCC(O)C(F)(F)F. The van der Waals surface area contributed by atoms with Crippen LogP contribution in [0.2, 0.25) is 0 Å². The van der Waals surface area contributed by atoms with Crippen LogP contribution >= 0.6 is 15.9 Å². The van der Waals surface area contributed by atoms with Crippen molar-refractivity contribution in [3.63, 3.8) is 0 Å². The second-order valence-electron chi connectivity index (χ2n) is 3.42. The second-order valence-corrected chi connectivity index (χ2v) is 4.34. The van der Waals surface area contributed by atoms with Gasteiger partial charge in [-0.1, -0.05) is 0 Å². The zero-order chi connectivity index (χ0) is 13.2. The van der Waals surface area contributed by atoms with E-state index in [0.717, 1.165) is 0 Å². The Balaban J connectivity index is 2.60. The summed E-state index contributed by atoms with van der Waals surface area (Å²) < 4.78 is 38.0. The van der Waals surface area contributed by atoms with E-state index in [1.54, 1.807) is 13.2 Å². The monoisotopic (exact) mass is 314 g/mol. The van der Waals surface area contributed by atoms with E-state index in [0.29, 0.717) is 4.47 Å². The van der Waals surface area contributed by atoms with Gasteiger partial charge in [0.15, 0.2) is 6.10 Å². The molecule has 0 aromatic carbocycles. The van der Waals surface area contributed by atoms with Crippen LogP contribution in [0.4, 0.5) is 13.2 Å². The summed E-state index contributed by atoms with van der Waals surface area (Å²) in [6.45, 7) is -0.870. The lowest BCUT2D eigenvalue weighted by atomic mass is 10.3. The molecule has 96 valence electrons. The number of carbonyl (C=O) groups excluding carboxylic acids is 1. The third-order valence-corrected chi connectivity index (χ3v) is 2.47. The smallest absolute Gasteiger partial charge is 0.382 e. The van der Waals surface area contributed by atoms with E-state index in [2.05, 4.69) is 15.9 Å². The molecule has 1 aromatic heterocycles. The number of nitrogens with one attached hydrogen (secondary N) is 1. The molecule has 0 saturated heterocycles. The van der Waals surface area contributed by atoms with Gasteiger partial charge in [0, 0.05) is 17.7 Å². The molecule has 4 nitrogen and oxygen atoms in total. The Bertz CT molecular complexity index is 417. The number of aliphatic hydroxyl groups excluding tert-OH is 1. The number of hydrogen-bond acceptors (Lipinski definition) is 2. The molecule has 0 aliphatic heterocycles. The fourth-order valence-corrected chi connectivity index (χ4v) is 1.67. The lowest BCUT2D eigenvalue weighted by Crippen LogP contribution is -2.41. The number of hydrogen-bond donors (Lipinski definition) is 2. The van der Waals surface area contributed by atoms with Crippen LogP contribution in [0.3, 0.4) is 0 Å². The Morgan fingerprint density at radius 2 is 2.24 bits per heavy atom. The maximum absolute atomic E-state index is 12.0. The van der Waals surface area contributed by atoms with Crippen LogP contribution in [-0.4, -0.2) is 34.4 Å². The number of amides is 1. The van der Waals surface area contributed by atoms with Crippen LogP contribution in [-0.2, 0) is 7.05 Å². The second kappa shape index (κ2) is 5.09. The van der Waals surface area contributed by atoms with Gasteiger partial charge in [-0.25, -0.2) is 0 Å². The fraction of sp³-hybridized carbons (Fsp3) is 0.444. The van der Waals surface area contributed by atoms with Gasteiger partial charge < -0.3 is 15.0 Å². The molecule has 0 aliphatic carbocycles. The van der Waals surface area contributed by atoms with Crippen molar-refractivity contribution in [1.82, 2.24) is 9.88 Å². The van der Waals surface area contributed by atoms with Crippen LogP contribution in [0.1, 0.15) is 10.5 Å². The Morgan fingerprint density at radius 3 is 2.65 bits per heavy atom. The van der Waals surface area contributed by atoms with Crippen molar-refractivity contribution in [2.24, 2.45) is 7.05 Å². The first-order valence-corrected chi connectivity index (χ1v) is 5.36. The van der Waals surface area contributed by atoms with Crippen LogP contribution in [0.25, 0.3) is 0 Å². The molecule has 0 radical (unpaired) electrons. The van der Waals surface area contributed by atoms with Crippen molar-refractivity contribution in [2.75, 3.05) is 6.54 Å². The molecule has 0 saturated carbocycles. The summed E-state index contributed by atoms with van der Waals surface area (Å²) in [5.41, 5.74) is 0.200. The number of rotatable bonds is 3. The molecule has 0 fully saturated rings. The predicted octanol–water partition coefficient (Wildman–Crippen LogP) is 1.44. The largest absolute Gasteiger partial charge is 0.416 e. The number of halogens is 4. The average molecular weight is 315 g/mol. The summed E-state index contributed by atoms with van der Waals surface area (Å²) in [4.78, 5) is 11.5. The lowest BCUT2D eigenvalue weighted by molar-refractivity contribution is -0.201. The van der Waals surface area contributed by atoms with Crippen LogP contribution in [0.15, 0.2) is 16.7 Å². The maximum atomic E-state index is 12.0. The Hall–Kier alpha value is -1.02. The number of alkyl halides is 3. The van der Waals surface area contributed by atoms with Gasteiger partial charge in [0.1, 0.15) is 5.69 Å². The van der Waals surface area contributed by atoms with Crippen molar-refractivity contribution in [3.8, 4) is 0 Å². The minimum Gasteiger partial charge on any atom is -0.382 e. The number of nitrogens with zero attached hydrogens (tertiary/aromatic N) is 1. The first-order chi connectivity index (χ1) is 7.71. The zero-order valence-corrected chi connectivity index (χ0v) is 10.3. The van der Waals surface area contributed by atoms with Gasteiger partial charge in [0.25, 0.3) is 5.91 Å². The summed E-state index contributed by atoms with van der Waals surface area (Å²) in [7, 11) is 1.58. The number of aliphatic hydroxyl groups is 1. The quantitative estimate of drug-likeness (QED) is 0.887. The molecule has 17 heavy (non-hydrogen) atoms. The van der Waals surface area contributed by atoms with Crippen LogP contribution < -0.4 is 5.32 Å². The zero-order valence-electron chi connectivity index (χ0n) is 8.75. The molecule has 8 heteroatoms. The molecule has 0 spiro atoms. The average Bonchev–Trinajstić information content (AvgIpc) is 2.52. The highest BCUT2D eigenvalue weighted by molar-refractivity contribution is 9.10. The topological polar surface area (TPSA) is 54.3 Å². The first-order valence-electron chi connectivity index (χ1n) is 4.56. The van der Waals surface area contributed by atoms with Gasteiger partial charge in [-0.2, -0.15) is 13.2 Å². The minimum absolute atomic E-state index is 0.200. The van der Waals surface area contributed by atoms with Crippen LogP contribution in [0, 0.1) is 0 Å². The molecule has 1 heterocycles. The van der Waals surface area contributed by atoms with Crippen molar-refractivity contribution in [2.45, 2.75) is 12.3 Å². The highest BCUT2D eigenvalue weighted by atomic mass is 79.9. The van der Waals surface area contributed by atoms with Gasteiger partial charge in [0.2, 0.25) is 0 Å². The van der Waals surface area contributed by atoms with Crippen molar-refractivity contribution >= 4 is 21.8 Å². The van der Waals surface area contributed by atoms with E-state index >= 15 is 0 Å².